The Hall–Kier alpha value is -1.30. The van der Waals surface area contributed by atoms with Crippen LogP contribution < -0.4 is 5.32 Å². The lowest BCUT2D eigenvalue weighted by Gasteiger charge is -2.06. The van der Waals surface area contributed by atoms with E-state index >= 15 is 0 Å². The maximum atomic E-state index is 13.3. The van der Waals surface area contributed by atoms with Crippen molar-refractivity contribution in [3.05, 3.63) is 23.8 Å². The standard InChI is InChI=1S/C9H7F2NO2S/c10-5-1-2-6-9(8(5)11)15(14)4-3-7(13)12-6/h1-2H,3-4H2,(H,12,13). The topological polar surface area (TPSA) is 46.2 Å². The molecule has 0 aromatic heterocycles. The van der Waals surface area contributed by atoms with Gasteiger partial charge in [-0.2, -0.15) is 0 Å². The van der Waals surface area contributed by atoms with Gasteiger partial charge in [-0.05, 0) is 12.1 Å². The molecular formula is C9H7F2NO2S. The monoisotopic (exact) mass is 231 g/mol. The Bertz CT molecular complexity index is 462. The summed E-state index contributed by atoms with van der Waals surface area (Å²) in [6, 6.07) is 2.12. The Morgan fingerprint density at radius 1 is 1.33 bits per heavy atom. The quantitative estimate of drug-likeness (QED) is 0.733. The van der Waals surface area contributed by atoms with Crippen molar-refractivity contribution in [2.75, 3.05) is 11.1 Å². The highest BCUT2D eigenvalue weighted by molar-refractivity contribution is 7.85. The third-order valence-corrected chi connectivity index (χ3v) is 3.50. The predicted molar refractivity (Wildman–Crippen MR) is 50.9 cm³/mol. The lowest BCUT2D eigenvalue weighted by atomic mass is 10.3. The lowest BCUT2D eigenvalue weighted by Crippen LogP contribution is -2.10. The van der Waals surface area contributed by atoms with Crippen LogP contribution in [0.3, 0.4) is 0 Å². The Balaban J connectivity index is 2.62. The number of hydrogen-bond acceptors (Lipinski definition) is 2. The number of rotatable bonds is 0. The summed E-state index contributed by atoms with van der Waals surface area (Å²) in [5.74, 6) is -2.53. The first kappa shape index (κ1) is 10.2. The van der Waals surface area contributed by atoms with E-state index in [1.165, 1.54) is 6.07 Å². The van der Waals surface area contributed by atoms with Crippen LogP contribution in [-0.4, -0.2) is 15.9 Å². The second-order valence-electron chi connectivity index (χ2n) is 3.09. The average Bonchev–Trinajstić information content (AvgIpc) is 2.33. The highest BCUT2D eigenvalue weighted by Crippen LogP contribution is 2.27. The molecule has 0 aliphatic carbocycles. The zero-order valence-electron chi connectivity index (χ0n) is 7.55. The molecule has 0 spiro atoms. The minimum Gasteiger partial charge on any atom is -0.325 e. The summed E-state index contributed by atoms with van der Waals surface area (Å²) in [5, 5.41) is 2.38. The van der Waals surface area contributed by atoms with Gasteiger partial charge in [0.2, 0.25) is 5.91 Å². The number of nitrogens with one attached hydrogen (secondary N) is 1. The normalized spacial score (nSPS) is 20.4. The first-order valence-corrected chi connectivity index (χ1v) is 5.57. The van der Waals surface area contributed by atoms with Crippen LogP contribution in [0.5, 0.6) is 0 Å². The Morgan fingerprint density at radius 2 is 2.07 bits per heavy atom. The molecule has 1 aromatic carbocycles. The van der Waals surface area contributed by atoms with E-state index in [1.54, 1.807) is 0 Å². The summed E-state index contributed by atoms with van der Waals surface area (Å²) in [4.78, 5) is 10.9. The Labute approximate surface area is 86.9 Å². The number of carbonyl (C=O) groups excluding carboxylic acids is 1. The summed E-state index contributed by atoms with van der Waals surface area (Å²) in [6.45, 7) is 0. The molecule has 0 saturated heterocycles. The van der Waals surface area contributed by atoms with Gasteiger partial charge in [0.15, 0.2) is 11.6 Å². The molecule has 0 radical (unpaired) electrons. The minimum absolute atomic E-state index is 0.0131. The summed E-state index contributed by atoms with van der Waals surface area (Å²) in [7, 11) is -1.67. The molecule has 0 bridgehead atoms. The average molecular weight is 231 g/mol. The number of amides is 1. The van der Waals surface area contributed by atoms with Crippen LogP contribution >= 0.6 is 0 Å². The maximum absolute atomic E-state index is 13.3. The first-order valence-electron chi connectivity index (χ1n) is 4.26. The molecule has 1 aliphatic heterocycles. The van der Waals surface area contributed by atoms with Gasteiger partial charge in [-0.1, -0.05) is 0 Å². The second kappa shape index (κ2) is 3.69. The zero-order chi connectivity index (χ0) is 11.0. The molecule has 2 rings (SSSR count). The van der Waals surface area contributed by atoms with E-state index in [9.17, 15) is 17.8 Å². The van der Waals surface area contributed by atoms with Crippen LogP contribution in [0.2, 0.25) is 0 Å². The second-order valence-corrected chi connectivity index (χ2v) is 4.59. The van der Waals surface area contributed by atoms with Crippen LogP contribution in [0.1, 0.15) is 6.42 Å². The SMILES string of the molecule is O=C1CCS(=O)c2c(ccc(F)c2F)N1. The van der Waals surface area contributed by atoms with E-state index in [2.05, 4.69) is 5.32 Å². The van der Waals surface area contributed by atoms with Crippen molar-refractivity contribution in [3.63, 3.8) is 0 Å². The molecule has 0 saturated carbocycles. The third kappa shape index (κ3) is 1.77. The third-order valence-electron chi connectivity index (χ3n) is 2.07. The van der Waals surface area contributed by atoms with Gasteiger partial charge in [-0.15, -0.1) is 0 Å². The highest BCUT2D eigenvalue weighted by Gasteiger charge is 2.23. The van der Waals surface area contributed by atoms with Crippen molar-refractivity contribution >= 4 is 22.4 Å². The van der Waals surface area contributed by atoms with Gasteiger partial charge < -0.3 is 5.32 Å². The van der Waals surface area contributed by atoms with Crippen molar-refractivity contribution in [2.45, 2.75) is 11.3 Å². The van der Waals surface area contributed by atoms with Crippen molar-refractivity contribution < 1.29 is 17.8 Å². The van der Waals surface area contributed by atoms with Crippen LogP contribution in [0.4, 0.5) is 14.5 Å². The van der Waals surface area contributed by atoms with Crippen LogP contribution in [0.25, 0.3) is 0 Å². The fraction of sp³-hybridized carbons (Fsp3) is 0.222. The fourth-order valence-electron chi connectivity index (χ4n) is 1.35. The van der Waals surface area contributed by atoms with Crippen molar-refractivity contribution in [2.24, 2.45) is 0 Å². The molecule has 1 aliphatic rings. The number of halogens is 2. The molecule has 1 heterocycles. The summed E-state index contributed by atoms with van der Waals surface area (Å²) < 4.78 is 37.7. The van der Waals surface area contributed by atoms with Crippen LogP contribution in [0, 0.1) is 11.6 Å². The fourth-order valence-corrected chi connectivity index (χ4v) is 2.59. The first-order chi connectivity index (χ1) is 7.09. The van der Waals surface area contributed by atoms with Gasteiger partial charge in [0.25, 0.3) is 0 Å². The Kier molecular flexibility index (Phi) is 2.52. The number of carbonyl (C=O) groups is 1. The molecule has 1 atom stereocenters. The molecule has 1 unspecified atom stereocenters. The summed E-state index contributed by atoms with van der Waals surface area (Å²) >= 11 is 0. The van der Waals surface area contributed by atoms with Gasteiger partial charge >= 0.3 is 0 Å². The van der Waals surface area contributed by atoms with E-state index in [0.29, 0.717) is 0 Å². The van der Waals surface area contributed by atoms with Crippen LogP contribution in [-0.2, 0) is 15.6 Å². The number of hydrogen-bond donors (Lipinski definition) is 1. The van der Waals surface area contributed by atoms with E-state index in [-0.39, 0.29) is 28.7 Å². The van der Waals surface area contributed by atoms with E-state index in [4.69, 9.17) is 0 Å². The predicted octanol–water partition coefficient (Wildman–Crippen LogP) is 1.41. The largest absolute Gasteiger partial charge is 0.325 e. The molecule has 1 N–H and O–H groups in total. The maximum Gasteiger partial charge on any atom is 0.225 e. The van der Waals surface area contributed by atoms with Crippen LogP contribution in [0.15, 0.2) is 17.0 Å². The number of anilines is 1. The zero-order valence-corrected chi connectivity index (χ0v) is 8.37. The lowest BCUT2D eigenvalue weighted by molar-refractivity contribution is -0.115. The number of benzene rings is 1. The van der Waals surface area contributed by atoms with Gasteiger partial charge in [0.05, 0.1) is 16.5 Å². The van der Waals surface area contributed by atoms with Gasteiger partial charge in [0, 0.05) is 12.2 Å². The molecule has 1 amide bonds. The molecule has 0 fully saturated rings. The number of fused-ring (bicyclic) bond motifs is 1. The van der Waals surface area contributed by atoms with E-state index < -0.39 is 22.4 Å². The van der Waals surface area contributed by atoms with Crippen molar-refractivity contribution in [1.29, 1.82) is 0 Å². The van der Waals surface area contributed by atoms with E-state index in [0.717, 1.165) is 6.07 Å². The molecule has 6 heteroatoms. The van der Waals surface area contributed by atoms with E-state index in [1.807, 2.05) is 0 Å². The highest BCUT2D eigenvalue weighted by atomic mass is 32.2. The van der Waals surface area contributed by atoms with Gasteiger partial charge in [-0.3, -0.25) is 9.00 Å². The Morgan fingerprint density at radius 3 is 2.80 bits per heavy atom. The molecule has 15 heavy (non-hydrogen) atoms. The summed E-state index contributed by atoms with van der Waals surface area (Å²) in [5.41, 5.74) is 0.0923. The van der Waals surface area contributed by atoms with Crippen molar-refractivity contribution in [1.82, 2.24) is 0 Å². The minimum atomic E-state index is -1.67. The molecule has 80 valence electrons. The molecule has 1 aromatic rings. The van der Waals surface area contributed by atoms with Crippen molar-refractivity contribution in [3.8, 4) is 0 Å². The molecule has 3 nitrogen and oxygen atoms in total. The van der Waals surface area contributed by atoms with Gasteiger partial charge in [0.1, 0.15) is 4.90 Å². The molecular weight excluding hydrogens is 224 g/mol. The van der Waals surface area contributed by atoms with Gasteiger partial charge in [-0.25, -0.2) is 8.78 Å². The smallest absolute Gasteiger partial charge is 0.225 e. The summed E-state index contributed by atoms with van der Waals surface area (Å²) in [6.07, 6.45) is 0.0440.